The molecule has 11 nitrogen and oxygen atoms in total. The number of hydrogen-bond donors (Lipinski definition) is 5. The zero-order valence-electron chi connectivity index (χ0n) is 32.1. The Morgan fingerprint density at radius 3 is 2.43 bits per heavy atom. The lowest BCUT2D eigenvalue weighted by Crippen LogP contribution is -2.64. The zero-order chi connectivity index (χ0) is 39.1. The van der Waals surface area contributed by atoms with Crippen molar-refractivity contribution in [3.8, 4) is 5.75 Å². The van der Waals surface area contributed by atoms with Gasteiger partial charge in [0, 0.05) is 31.3 Å². The molecule has 15 heteroatoms. The predicted octanol–water partition coefficient (Wildman–Crippen LogP) is 6.55. The molecule has 2 saturated heterocycles. The maximum Gasteiger partial charge on any atom is 0.418 e. The molecule has 2 aromatic rings. The third kappa shape index (κ3) is 12.4. The highest BCUT2D eigenvalue weighted by Gasteiger charge is 2.45. The highest BCUT2D eigenvalue weighted by molar-refractivity contribution is 5.65. The molecular formula is C39H61F4N9O2. The second-order valence-corrected chi connectivity index (χ2v) is 14.4. The second-order valence-electron chi connectivity index (χ2n) is 14.4. The molecule has 3 aliphatic heterocycles. The van der Waals surface area contributed by atoms with Gasteiger partial charge >= 0.3 is 6.18 Å². The van der Waals surface area contributed by atoms with Crippen molar-refractivity contribution in [2.24, 2.45) is 17.2 Å². The SMILES string of the molecule is CCCCCCCCCCN.COc1ccc(Nc2cnc(CN(CN)NC3(N4C=C([C@@H]5CCCN5C)C=CC4)COC(N)C3)c(F)c2)c(C(F)(F)F)c1. The van der Waals surface area contributed by atoms with Crippen LogP contribution in [0.3, 0.4) is 0 Å². The number of unbranched alkanes of at least 4 members (excludes halogenated alkanes) is 7. The number of pyridine rings is 1. The summed E-state index contributed by atoms with van der Waals surface area (Å²) in [6, 6.07) is 4.92. The summed E-state index contributed by atoms with van der Waals surface area (Å²) in [5, 5.41) is 4.26. The molecule has 0 bridgehead atoms. The quantitative estimate of drug-likeness (QED) is 0.0488. The van der Waals surface area contributed by atoms with E-state index in [1.165, 1.54) is 82.4 Å². The van der Waals surface area contributed by atoms with Gasteiger partial charge in [0.25, 0.3) is 0 Å². The number of nitrogens with two attached hydrogens (primary N) is 3. The Labute approximate surface area is 318 Å². The number of likely N-dealkylation sites (tertiary alicyclic amines) is 1. The number of methoxy groups -OCH3 is 1. The van der Waals surface area contributed by atoms with E-state index in [-0.39, 0.29) is 42.6 Å². The minimum Gasteiger partial charge on any atom is -0.497 e. The molecule has 2 fully saturated rings. The van der Waals surface area contributed by atoms with Crippen LogP contribution in [0.2, 0.25) is 0 Å². The lowest BCUT2D eigenvalue weighted by molar-refractivity contribution is -0.137. The van der Waals surface area contributed by atoms with Crippen LogP contribution >= 0.6 is 0 Å². The summed E-state index contributed by atoms with van der Waals surface area (Å²) in [5.41, 5.74) is 20.5. The van der Waals surface area contributed by atoms with E-state index in [0.29, 0.717) is 19.0 Å². The van der Waals surface area contributed by atoms with Crippen molar-refractivity contribution in [3.05, 3.63) is 71.5 Å². The number of anilines is 2. The van der Waals surface area contributed by atoms with Gasteiger partial charge in [-0.05, 0) is 63.2 Å². The number of hydrogen-bond acceptors (Lipinski definition) is 11. The smallest absolute Gasteiger partial charge is 0.418 e. The Bertz CT molecular complexity index is 1500. The number of alkyl halides is 3. The molecule has 302 valence electrons. The Kier molecular flexibility index (Phi) is 17.0. The summed E-state index contributed by atoms with van der Waals surface area (Å²) >= 11 is 0. The Morgan fingerprint density at radius 2 is 1.83 bits per heavy atom. The number of hydrazine groups is 1. The highest BCUT2D eigenvalue weighted by atomic mass is 19.4. The van der Waals surface area contributed by atoms with Crippen LogP contribution in [0.5, 0.6) is 5.75 Å². The molecule has 0 saturated carbocycles. The van der Waals surface area contributed by atoms with Gasteiger partial charge in [0.2, 0.25) is 0 Å². The van der Waals surface area contributed by atoms with Gasteiger partial charge in [0.1, 0.15) is 23.5 Å². The van der Waals surface area contributed by atoms with Crippen LogP contribution < -0.4 is 32.7 Å². The Hall–Kier alpha value is -3.31. The number of ether oxygens (including phenoxy) is 2. The van der Waals surface area contributed by atoms with E-state index in [2.05, 4.69) is 57.8 Å². The third-order valence-corrected chi connectivity index (χ3v) is 10.2. The number of halogens is 4. The molecule has 0 amide bonds. The van der Waals surface area contributed by atoms with Crippen molar-refractivity contribution in [1.29, 1.82) is 0 Å². The van der Waals surface area contributed by atoms with Crippen LogP contribution in [0.4, 0.5) is 28.9 Å². The van der Waals surface area contributed by atoms with Crippen molar-refractivity contribution in [1.82, 2.24) is 25.2 Å². The zero-order valence-corrected chi connectivity index (χ0v) is 32.1. The molecule has 1 aromatic carbocycles. The van der Waals surface area contributed by atoms with Gasteiger partial charge < -0.3 is 36.9 Å². The monoisotopic (exact) mass is 763 g/mol. The first kappa shape index (κ1) is 43.4. The van der Waals surface area contributed by atoms with Gasteiger partial charge in [-0.25, -0.2) is 14.8 Å². The van der Waals surface area contributed by atoms with Crippen LogP contribution in [0.15, 0.2) is 54.4 Å². The molecule has 0 spiro atoms. The molecule has 0 radical (unpaired) electrons. The highest BCUT2D eigenvalue weighted by Crippen LogP contribution is 2.38. The van der Waals surface area contributed by atoms with Crippen molar-refractivity contribution in [2.75, 3.05) is 52.4 Å². The molecule has 3 atom stereocenters. The van der Waals surface area contributed by atoms with Crippen LogP contribution in [-0.2, 0) is 17.5 Å². The van der Waals surface area contributed by atoms with E-state index in [4.69, 9.17) is 26.7 Å². The van der Waals surface area contributed by atoms with Crippen LogP contribution in [0.1, 0.15) is 88.8 Å². The van der Waals surface area contributed by atoms with Gasteiger partial charge in [-0.15, -0.1) is 0 Å². The van der Waals surface area contributed by atoms with Gasteiger partial charge in [-0.2, -0.15) is 13.2 Å². The second kappa shape index (κ2) is 21.1. The molecular weight excluding hydrogens is 702 g/mol. The molecule has 8 N–H and O–H groups in total. The molecule has 4 heterocycles. The van der Waals surface area contributed by atoms with Gasteiger partial charge in [0.05, 0.1) is 55.8 Å². The molecule has 1 aromatic heterocycles. The first-order chi connectivity index (χ1) is 25.9. The van der Waals surface area contributed by atoms with E-state index >= 15 is 4.39 Å². The lowest BCUT2D eigenvalue weighted by Gasteiger charge is -2.44. The summed E-state index contributed by atoms with van der Waals surface area (Å²) in [5.74, 6) is -0.649. The fourth-order valence-electron chi connectivity index (χ4n) is 7.15. The third-order valence-electron chi connectivity index (χ3n) is 10.2. The van der Waals surface area contributed by atoms with Crippen molar-refractivity contribution in [3.63, 3.8) is 0 Å². The summed E-state index contributed by atoms with van der Waals surface area (Å²) in [7, 11) is 3.40. The van der Waals surface area contributed by atoms with E-state index < -0.39 is 29.4 Å². The topological polar surface area (TPSA) is 143 Å². The van der Waals surface area contributed by atoms with E-state index in [1.54, 1.807) is 5.01 Å². The lowest BCUT2D eigenvalue weighted by atomic mass is 10.00. The van der Waals surface area contributed by atoms with E-state index in [9.17, 15) is 13.2 Å². The van der Waals surface area contributed by atoms with E-state index in [1.807, 2.05) is 0 Å². The predicted molar refractivity (Wildman–Crippen MR) is 206 cm³/mol. The summed E-state index contributed by atoms with van der Waals surface area (Å²) in [6.45, 7) is 5.09. The fourth-order valence-corrected chi connectivity index (χ4v) is 7.15. The molecule has 5 rings (SSSR count). The maximum atomic E-state index is 15.3. The van der Waals surface area contributed by atoms with Crippen molar-refractivity contribution in [2.45, 2.75) is 108 Å². The molecule has 0 aliphatic carbocycles. The normalized spacial score (nSPS) is 21.7. The minimum absolute atomic E-state index is 0.0123. The van der Waals surface area contributed by atoms with Crippen molar-refractivity contribution < 1.29 is 27.0 Å². The van der Waals surface area contributed by atoms with Crippen LogP contribution in [0.25, 0.3) is 0 Å². The molecule has 54 heavy (non-hydrogen) atoms. The van der Waals surface area contributed by atoms with Crippen molar-refractivity contribution >= 4 is 11.4 Å². The Balaban J connectivity index is 0.000000514. The standard InChI is InChI=1S/C29H38F4N8O2.C10H23N/c1-39-9-4-6-26(39)19-5-3-10-40(15-19)28(13-27(35)43-17-28)38-41(18-34)16-25-23(30)11-20(14-36-25)37-24-8-7-21(42-2)12-22(24)29(31,32)33;1-2-3-4-5-6-7-8-9-10-11/h3,5,7-8,11-12,14-15,26-27,37-38H,4,6,9-10,13,16-18,34-35H2,1-2H3;2-11H2,1H3/t26-,27?,28?;/m0./s1. The Morgan fingerprint density at radius 1 is 1.09 bits per heavy atom. The largest absolute Gasteiger partial charge is 0.497 e. The molecule has 3 aliphatic rings. The number of nitrogens with zero attached hydrogens (tertiary/aromatic N) is 4. The van der Waals surface area contributed by atoms with Gasteiger partial charge in [-0.3, -0.25) is 9.88 Å². The average molecular weight is 764 g/mol. The van der Waals surface area contributed by atoms with E-state index in [0.717, 1.165) is 38.1 Å². The first-order valence-corrected chi connectivity index (χ1v) is 19.2. The first-order valence-electron chi connectivity index (χ1n) is 19.2. The number of aromatic nitrogens is 1. The van der Waals surface area contributed by atoms with Crippen LogP contribution in [0, 0.1) is 5.82 Å². The minimum atomic E-state index is -4.65. The maximum absolute atomic E-state index is 15.3. The summed E-state index contributed by atoms with van der Waals surface area (Å²) in [6.07, 6.45) is 16.2. The number of likely N-dealkylation sites (N-methyl/N-ethyl adjacent to an activating group) is 1. The number of nitrogens with one attached hydrogen (secondary N) is 2. The van der Waals surface area contributed by atoms with Crippen LogP contribution in [-0.4, -0.2) is 84.8 Å². The van der Waals surface area contributed by atoms with Gasteiger partial charge in [0.15, 0.2) is 0 Å². The van der Waals surface area contributed by atoms with Gasteiger partial charge in [-0.1, -0.05) is 64.0 Å². The fraction of sp³-hybridized carbons (Fsp3) is 0.615. The number of rotatable bonds is 18. The average Bonchev–Trinajstić information content (AvgIpc) is 3.77. The summed E-state index contributed by atoms with van der Waals surface area (Å²) in [4.78, 5) is 8.71. The summed E-state index contributed by atoms with van der Waals surface area (Å²) < 4.78 is 66.9. The number of benzene rings is 1. The molecule has 2 unspecified atom stereocenters.